The van der Waals surface area contributed by atoms with Crippen molar-refractivity contribution in [2.24, 2.45) is 0 Å². The number of hydrogen-bond acceptors (Lipinski definition) is 5. The molecule has 1 aliphatic heterocycles. The summed E-state index contributed by atoms with van der Waals surface area (Å²) in [5, 5.41) is 15.8. The Labute approximate surface area is 196 Å². The number of nitrogens with zero attached hydrogens (tertiary/aromatic N) is 2. The zero-order valence-electron chi connectivity index (χ0n) is 19.2. The number of aliphatic hydroxyl groups is 1. The Kier molecular flexibility index (Phi) is 9.43. The summed E-state index contributed by atoms with van der Waals surface area (Å²) in [6.07, 6.45) is 9.29. The maximum Gasteiger partial charge on any atom is 0.222 e. The van der Waals surface area contributed by atoms with Gasteiger partial charge in [0.25, 0.3) is 0 Å². The van der Waals surface area contributed by atoms with Gasteiger partial charge in [0, 0.05) is 44.7 Å². The van der Waals surface area contributed by atoms with Crippen LogP contribution in [0.15, 0.2) is 42.5 Å². The maximum absolute atomic E-state index is 11.9. The van der Waals surface area contributed by atoms with E-state index in [2.05, 4.69) is 69.8 Å². The minimum atomic E-state index is -0.680. The first-order valence-corrected chi connectivity index (χ1v) is 12.6. The number of rotatable bonds is 10. The fraction of sp³-hybridized carbons (Fsp3) is 0.500. The number of fused-ring (bicyclic) bond motifs is 1. The molecule has 0 spiro atoms. The van der Waals surface area contributed by atoms with E-state index in [1.807, 2.05) is 6.26 Å². The molecule has 0 radical (unpaired) electrons. The first kappa shape index (κ1) is 24.6. The van der Waals surface area contributed by atoms with Gasteiger partial charge in [0.15, 0.2) is 0 Å². The number of benzene rings is 2. The zero-order chi connectivity index (χ0) is 22.9. The summed E-state index contributed by atoms with van der Waals surface area (Å²) in [4.78, 5) is 14.5. The monoisotopic (exact) mass is 453 g/mol. The van der Waals surface area contributed by atoms with Crippen LogP contribution in [0.5, 0.6) is 0 Å². The second kappa shape index (κ2) is 12.3. The number of nitrogens with one attached hydrogen (secondary N) is 1. The number of amides is 1. The van der Waals surface area contributed by atoms with Crippen molar-refractivity contribution >= 4 is 28.6 Å². The van der Waals surface area contributed by atoms with Gasteiger partial charge in [0.05, 0.1) is 12.5 Å². The van der Waals surface area contributed by atoms with Gasteiger partial charge < -0.3 is 10.4 Å². The molecule has 0 aromatic heterocycles. The second-order valence-electron chi connectivity index (χ2n) is 8.46. The van der Waals surface area contributed by atoms with E-state index in [4.69, 9.17) is 6.42 Å². The normalized spacial score (nSPS) is 17.2. The van der Waals surface area contributed by atoms with Crippen LogP contribution in [0.3, 0.4) is 0 Å². The lowest BCUT2D eigenvalue weighted by Gasteiger charge is -2.40. The number of aliphatic hydroxyl groups excluding tert-OH is 1. The molecule has 2 aromatic carbocycles. The quantitative estimate of drug-likeness (QED) is 0.325. The smallest absolute Gasteiger partial charge is 0.222 e. The predicted octanol–water partition coefficient (Wildman–Crippen LogP) is 3.84. The highest BCUT2D eigenvalue weighted by molar-refractivity contribution is 7.96. The second-order valence-corrected chi connectivity index (χ2v) is 9.29. The molecule has 1 amide bonds. The molecule has 5 nitrogen and oxygen atoms in total. The molecule has 1 saturated heterocycles. The Morgan fingerprint density at radius 1 is 1.28 bits per heavy atom. The number of hydrogen-bond donors (Lipinski definition) is 2. The van der Waals surface area contributed by atoms with Gasteiger partial charge in [0.1, 0.15) is 0 Å². The minimum absolute atomic E-state index is 0.110. The van der Waals surface area contributed by atoms with Crippen molar-refractivity contribution in [1.82, 2.24) is 14.5 Å². The molecular weight excluding hydrogens is 418 g/mol. The summed E-state index contributed by atoms with van der Waals surface area (Å²) in [6.45, 7) is 5.30. The molecule has 0 bridgehead atoms. The minimum Gasteiger partial charge on any atom is -0.391 e. The van der Waals surface area contributed by atoms with Gasteiger partial charge in [-0.1, -0.05) is 54.4 Å². The molecule has 2 unspecified atom stereocenters. The van der Waals surface area contributed by atoms with Gasteiger partial charge in [-0.3, -0.25) is 9.69 Å². The summed E-state index contributed by atoms with van der Waals surface area (Å²) in [5.74, 6) is 2.35. The molecule has 6 heteroatoms. The molecule has 2 aromatic rings. The van der Waals surface area contributed by atoms with Crippen molar-refractivity contribution in [3.63, 3.8) is 0 Å². The Balaban J connectivity index is 1.52. The van der Waals surface area contributed by atoms with Gasteiger partial charge in [-0.2, -0.15) is 0 Å². The number of likely N-dealkylation sites (tertiary alicyclic amines) is 1. The summed E-state index contributed by atoms with van der Waals surface area (Å²) in [6, 6.07) is 15.9. The number of carbonyl (C=O) groups excluding carboxylic acids is 1. The van der Waals surface area contributed by atoms with Crippen molar-refractivity contribution in [2.45, 2.75) is 50.8 Å². The Morgan fingerprint density at radius 2 is 2.00 bits per heavy atom. The van der Waals surface area contributed by atoms with Gasteiger partial charge >= 0.3 is 0 Å². The van der Waals surface area contributed by atoms with Crippen molar-refractivity contribution in [3.05, 3.63) is 48.0 Å². The van der Waals surface area contributed by atoms with E-state index in [-0.39, 0.29) is 12.3 Å². The van der Waals surface area contributed by atoms with Crippen LogP contribution in [0, 0.1) is 12.3 Å². The highest BCUT2D eigenvalue weighted by atomic mass is 32.2. The summed E-state index contributed by atoms with van der Waals surface area (Å²) in [7, 11) is 0. The van der Waals surface area contributed by atoms with Gasteiger partial charge in [-0.05, 0) is 42.4 Å². The van der Waals surface area contributed by atoms with Gasteiger partial charge in [0.2, 0.25) is 5.91 Å². The predicted molar refractivity (Wildman–Crippen MR) is 134 cm³/mol. The number of terminal acetylenes is 1. The van der Waals surface area contributed by atoms with E-state index < -0.39 is 6.10 Å². The first-order valence-electron chi connectivity index (χ1n) is 11.4. The van der Waals surface area contributed by atoms with Crippen LogP contribution in [0.1, 0.15) is 44.2 Å². The highest BCUT2D eigenvalue weighted by Crippen LogP contribution is 2.31. The molecule has 0 saturated carbocycles. The largest absolute Gasteiger partial charge is 0.391 e. The number of piperidine rings is 1. The Hall–Kier alpha value is -2.04. The Morgan fingerprint density at radius 3 is 2.72 bits per heavy atom. The first-order chi connectivity index (χ1) is 15.5. The van der Waals surface area contributed by atoms with Crippen LogP contribution >= 0.6 is 11.9 Å². The standard InChI is InChI=1S/C26H35N3O2S/c1-4-5-15-27-26(31)18-23(30)19-29(32-3)22-13-16-28(17-14-22)20(2)24-12-8-10-21-9-6-7-11-25(21)24/h1,6-12,20,22-23,30H,5,13-19H2,2-3H3,(H,27,31). The fourth-order valence-corrected chi connectivity index (χ4v) is 5.41. The topological polar surface area (TPSA) is 55.8 Å². The molecule has 32 heavy (non-hydrogen) atoms. The van der Waals surface area contributed by atoms with Crippen LogP contribution in [0.2, 0.25) is 0 Å². The SMILES string of the molecule is C#CCCNC(=O)CC(O)CN(SC)C1CCN(C(C)c2cccc3ccccc23)CC1. The van der Waals surface area contributed by atoms with Crippen LogP contribution in [0.4, 0.5) is 0 Å². The van der Waals surface area contributed by atoms with Crippen LogP contribution < -0.4 is 5.32 Å². The number of carbonyl (C=O) groups is 1. The fourth-order valence-electron chi connectivity index (χ4n) is 4.58. The lowest BCUT2D eigenvalue weighted by Crippen LogP contribution is -2.45. The maximum atomic E-state index is 11.9. The van der Waals surface area contributed by atoms with E-state index >= 15 is 0 Å². The molecule has 2 atom stereocenters. The molecule has 172 valence electrons. The van der Waals surface area contributed by atoms with Crippen molar-refractivity contribution < 1.29 is 9.90 Å². The molecule has 1 aliphatic rings. The van der Waals surface area contributed by atoms with Gasteiger partial charge in [-0.25, -0.2) is 4.31 Å². The highest BCUT2D eigenvalue weighted by Gasteiger charge is 2.29. The average molecular weight is 454 g/mol. The molecule has 0 aliphatic carbocycles. The summed E-state index contributed by atoms with van der Waals surface area (Å²) >= 11 is 1.66. The third kappa shape index (κ3) is 6.49. The molecule has 1 heterocycles. The molecule has 1 fully saturated rings. The third-order valence-electron chi connectivity index (χ3n) is 6.37. The van der Waals surface area contributed by atoms with Crippen molar-refractivity contribution in [2.75, 3.05) is 32.4 Å². The van der Waals surface area contributed by atoms with E-state index in [1.165, 1.54) is 16.3 Å². The van der Waals surface area contributed by atoms with Crippen molar-refractivity contribution in [3.8, 4) is 12.3 Å². The lowest BCUT2D eigenvalue weighted by atomic mass is 9.96. The van der Waals surface area contributed by atoms with Gasteiger partial charge in [-0.15, -0.1) is 12.3 Å². The lowest BCUT2D eigenvalue weighted by molar-refractivity contribution is -0.123. The summed E-state index contributed by atoms with van der Waals surface area (Å²) in [5.41, 5.74) is 1.38. The van der Waals surface area contributed by atoms with E-state index in [0.717, 1.165) is 25.9 Å². The van der Waals surface area contributed by atoms with Crippen molar-refractivity contribution in [1.29, 1.82) is 0 Å². The molecular formula is C26H35N3O2S. The third-order valence-corrected chi connectivity index (χ3v) is 7.28. The van der Waals surface area contributed by atoms with E-state index in [0.29, 0.717) is 31.6 Å². The van der Waals surface area contributed by atoms with Crippen LogP contribution in [-0.2, 0) is 4.79 Å². The Bertz CT molecular complexity index is 915. The molecule has 2 N–H and O–H groups in total. The molecule has 3 rings (SSSR count). The summed E-state index contributed by atoms with van der Waals surface area (Å²) < 4.78 is 2.25. The van der Waals surface area contributed by atoms with E-state index in [9.17, 15) is 9.90 Å². The zero-order valence-corrected chi connectivity index (χ0v) is 20.0. The van der Waals surface area contributed by atoms with E-state index in [1.54, 1.807) is 11.9 Å². The van der Waals surface area contributed by atoms with Crippen LogP contribution in [-0.4, -0.2) is 64.8 Å². The average Bonchev–Trinajstić information content (AvgIpc) is 2.82. The van der Waals surface area contributed by atoms with Crippen LogP contribution in [0.25, 0.3) is 10.8 Å².